The molecule has 0 atom stereocenters. The smallest absolute Gasteiger partial charge is 0.175 e. The van der Waals surface area contributed by atoms with Crippen molar-refractivity contribution in [3.05, 3.63) is 52.0 Å². The van der Waals surface area contributed by atoms with Gasteiger partial charge in [0.1, 0.15) is 5.82 Å². The van der Waals surface area contributed by atoms with Crippen molar-refractivity contribution in [3.63, 3.8) is 0 Å². The Hall–Kier alpha value is -2.08. The first-order chi connectivity index (χ1) is 10.0. The van der Waals surface area contributed by atoms with Gasteiger partial charge in [-0.2, -0.15) is 0 Å². The van der Waals surface area contributed by atoms with Crippen molar-refractivity contribution in [3.8, 4) is 0 Å². The Bertz CT molecular complexity index is 626. The zero-order valence-electron chi connectivity index (χ0n) is 12.0. The summed E-state index contributed by atoms with van der Waals surface area (Å²) in [5.74, 6) is -0.723. The van der Waals surface area contributed by atoms with Crippen molar-refractivity contribution in [2.75, 3.05) is 4.90 Å². The number of rotatable bonds is 5. The van der Waals surface area contributed by atoms with Gasteiger partial charge in [0.05, 0.1) is 17.8 Å². The van der Waals surface area contributed by atoms with Crippen molar-refractivity contribution in [1.29, 1.82) is 0 Å². The minimum Gasteiger partial charge on any atom is -0.409 e. The first-order valence-electron chi connectivity index (χ1n) is 6.60. The molecule has 0 amide bonds. The van der Waals surface area contributed by atoms with Gasteiger partial charge in [-0.05, 0) is 37.4 Å². The number of anilines is 1. The molecule has 1 aromatic heterocycles. The number of hydrogen-bond acceptors (Lipinski definition) is 4. The van der Waals surface area contributed by atoms with E-state index in [4.69, 9.17) is 10.9 Å². The lowest BCUT2D eigenvalue weighted by molar-refractivity contribution is 0.318. The van der Waals surface area contributed by atoms with Crippen LogP contribution in [0.5, 0.6) is 0 Å². The Kier molecular flexibility index (Phi) is 4.80. The molecule has 0 spiro atoms. The molecule has 1 aromatic carbocycles. The molecule has 0 aliphatic heterocycles. The van der Waals surface area contributed by atoms with E-state index in [0.717, 1.165) is 0 Å². The van der Waals surface area contributed by atoms with Crippen molar-refractivity contribution >= 4 is 22.9 Å². The molecule has 0 unspecified atom stereocenters. The van der Waals surface area contributed by atoms with E-state index in [9.17, 15) is 4.39 Å². The molecule has 4 nitrogen and oxygen atoms in total. The van der Waals surface area contributed by atoms with Gasteiger partial charge in [0, 0.05) is 10.9 Å². The number of nitrogens with two attached hydrogens (primary N) is 1. The van der Waals surface area contributed by atoms with Crippen molar-refractivity contribution in [2.45, 2.75) is 26.4 Å². The van der Waals surface area contributed by atoms with Gasteiger partial charge in [0.2, 0.25) is 0 Å². The third kappa shape index (κ3) is 3.33. The monoisotopic (exact) mass is 307 g/mol. The normalized spacial score (nSPS) is 11.9. The number of oxime groups is 1. The third-order valence-electron chi connectivity index (χ3n) is 3.19. The lowest BCUT2D eigenvalue weighted by Gasteiger charge is -2.30. The molecule has 0 aliphatic rings. The fourth-order valence-electron chi connectivity index (χ4n) is 2.17. The minimum absolute atomic E-state index is 0.130. The number of nitrogens with zero attached hydrogens (tertiary/aromatic N) is 2. The lowest BCUT2D eigenvalue weighted by atomic mass is 10.1. The first kappa shape index (κ1) is 15.3. The van der Waals surface area contributed by atoms with Gasteiger partial charge in [-0.15, -0.1) is 11.3 Å². The highest BCUT2D eigenvalue weighted by molar-refractivity contribution is 7.09. The molecule has 21 heavy (non-hydrogen) atoms. The van der Waals surface area contributed by atoms with E-state index in [2.05, 4.69) is 5.16 Å². The third-order valence-corrected chi connectivity index (χ3v) is 4.06. The zero-order valence-corrected chi connectivity index (χ0v) is 12.8. The van der Waals surface area contributed by atoms with Crippen LogP contribution in [0.25, 0.3) is 0 Å². The average molecular weight is 307 g/mol. The summed E-state index contributed by atoms with van der Waals surface area (Å²) in [7, 11) is 0. The maximum atomic E-state index is 14.1. The summed E-state index contributed by atoms with van der Waals surface area (Å²) in [4.78, 5) is 3.20. The van der Waals surface area contributed by atoms with E-state index in [-0.39, 0.29) is 17.4 Å². The van der Waals surface area contributed by atoms with Crippen LogP contribution in [0.2, 0.25) is 0 Å². The summed E-state index contributed by atoms with van der Waals surface area (Å²) in [6.45, 7) is 4.69. The Morgan fingerprint density at radius 1 is 1.38 bits per heavy atom. The molecular formula is C15H18FN3OS. The summed E-state index contributed by atoms with van der Waals surface area (Å²) in [5, 5.41) is 13.8. The molecule has 3 N–H and O–H groups in total. The van der Waals surface area contributed by atoms with Crippen molar-refractivity contribution < 1.29 is 9.60 Å². The number of halogens is 1. The van der Waals surface area contributed by atoms with Gasteiger partial charge < -0.3 is 15.8 Å². The summed E-state index contributed by atoms with van der Waals surface area (Å²) in [6.07, 6.45) is 0. The molecule has 1 heterocycles. The Balaban J connectivity index is 2.48. The second-order valence-corrected chi connectivity index (χ2v) is 5.95. The summed E-state index contributed by atoms with van der Waals surface area (Å²) in [5.41, 5.74) is 6.39. The van der Waals surface area contributed by atoms with E-state index in [0.29, 0.717) is 12.2 Å². The molecule has 2 aromatic rings. The van der Waals surface area contributed by atoms with E-state index in [1.165, 1.54) is 10.9 Å². The quantitative estimate of drug-likeness (QED) is 0.385. The van der Waals surface area contributed by atoms with Crippen LogP contribution in [0, 0.1) is 5.82 Å². The second-order valence-electron chi connectivity index (χ2n) is 4.92. The molecule has 0 fully saturated rings. The first-order valence-corrected chi connectivity index (χ1v) is 7.48. The molecule has 112 valence electrons. The Morgan fingerprint density at radius 2 is 2.14 bits per heavy atom. The standard InChI is InChI=1S/C15H18FN3OS/c1-10(2)19(9-11-5-4-8-21-11)13-7-3-6-12(16)14(13)15(17)18-20/h3-8,10,20H,9H2,1-2H3,(H2,17,18). The fourth-order valence-corrected chi connectivity index (χ4v) is 2.87. The van der Waals surface area contributed by atoms with E-state index in [1.54, 1.807) is 23.5 Å². The maximum absolute atomic E-state index is 14.1. The van der Waals surface area contributed by atoms with Gasteiger partial charge in [-0.1, -0.05) is 17.3 Å². The van der Waals surface area contributed by atoms with Crippen LogP contribution in [0.3, 0.4) is 0 Å². The van der Waals surface area contributed by atoms with E-state index in [1.807, 2.05) is 36.3 Å². The molecule has 0 bridgehead atoms. The van der Waals surface area contributed by atoms with Crippen LogP contribution in [-0.2, 0) is 6.54 Å². The Labute approximate surface area is 127 Å². The molecule has 0 saturated heterocycles. The lowest BCUT2D eigenvalue weighted by Crippen LogP contribution is -2.32. The Morgan fingerprint density at radius 3 is 2.71 bits per heavy atom. The summed E-state index contributed by atoms with van der Waals surface area (Å²) >= 11 is 1.64. The molecule has 0 radical (unpaired) electrons. The van der Waals surface area contributed by atoms with Gasteiger partial charge in [0.25, 0.3) is 0 Å². The fraction of sp³-hybridized carbons (Fsp3) is 0.267. The molecule has 2 rings (SSSR count). The minimum atomic E-state index is -0.500. The molecule has 6 heteroatoms. The van der Waals surface area contributed by atoms with Crippen LogP contribution in [0.1, 0.15) is 24.3 Å². The van der Waals surface area contributed by atoms with Crippen LogP contribution >= 0.6 is 11.3 Å². The van der Waals surface area contributed by atoms with Crippen molar-refractivity contribution in [1.82, 2.24) is 0 Å². The largest absolute Gasteiger partial charge is 0.409 e. The van der Waals surface area contributed by atoms with Crippen molar-refractivity contribution in [2.24, 2.45) is 10.9 Å². The number of thiophene rings is 1. The SMILES string of the molecule is CC(C)N(Cc1cccs1)c1cccc(F)c1C(N)=NO. The highest BCUT2D eigenvalue weighted by atomic mass is 32.1. The van der Waals surface area contributed by atoms with Gasteiger partial charge in [-0.3, -0.25) is 0 Å². The van der Waals surface area contributed by atoms with Crippen LogP contribution in [0.15, 0.2) is 40.9 Å². The van der Waals surface area contributed by atoms with E-state index < -0.39 is 5.82 Å². The number of benzene rings is 1. The summed E-state index contributed by atoms with van der Waals surface area (Å²) < 4.78 is 14.1. The summed E-state index contributed by atoms with van der Waals surface area (Å²) in [6, 6.07) is 8.86. The number of amidine groups is 1. The van der Waals surface area contributed by atoms with Gasteiger partial charge >= 0.3 is 0 Å². The van der Waals surface area contributed by atoms with Gasteiger partial charge in [-0.25, -0.2) is 4.39 Å². The van der Waals surface area contributed by atoms with Crippen LogP contribution in [-0.4, -0.2) is 17.1 Å². The predicted octanol–water partition coefficient (Wildman–Crippen LogP) is 3.40. The van der Waals surface area contributed by atoms with E-state index >= 15 is 0 Å². The second kappa shape index (κ2) is 6.58. The topological polar surface area (TPSA) is 61.8 Å². The molecule has 0 aliphatic carbocycles. The molecular weight excluding hydrogens is 289 g/mol. The zero-order chi connectivity index (χ0) is 15.4. The maximum Gasteiger partial charge on any atom is 0.175 e. The van der Waals surface area contributed by atoms with Crippen LogP contribution < -0.4 is 10.6 Å². The van der Waals surface area contributed by atoms with Crippen LogP contribution in [0.4, 0.5) is 10.1 Å². The highest BCUT2D eigenvalue weighted by Gasteiger charge is 2.20. The molecule has 0 saturated carbocycles. The highest BCUT2D eigenvalue weighted by Crippen LogP contribution is 2.27. The number of hydrogen-bond donors (Lipinski definition) is 2. The van der Waals surface area contributed by atoms with Gasteiger partial charge in [0.15, 0.2) is 5.84 Å². The predicted molar refractivity (Wildman–Crippen MR) is 84.5 cm³/mol. The average Bonchev–Trinajstić information content (AvgIpc) is 2.96.